The third kappa shape index (κ3) is 5.58. The Hall–Kier alpha value is -3.27. The Kier molecular flexibility index (Phi) is 9.99. The number of aromatic nitrogens is 1. The van der Waals surface area contributed by atoms with Gasteiger partial charge in [-0.3, -0.25) is 4.79 Å². The van der Waals surface area contributed by atoms with Crippen LogP contribution in [0.2, 0.25) is 0 Å². The van der Waals surface area contributed by atoms with Crippen molar-refractivity contribution in [2.24, 2.45) is 11.8 Å². The van der Waals surface area contributed by atoms with Crippen LogP contribution in [-0.4, -0.2) is 15.9 Å². The van der Waals surface area contributed by atoms with E-state index in [0.717, 1.165) is 53.3 Å². The summed E-state index contributed by atoms with van der Waals surface area (Å²) < 4.78 is 5.98. The van der Waals surface area contributed by atoms with E-state index in [2.05, 4.69) is 57.2 Å². The Labute approximate surface area is 268 Å². The molecule has 0 aliphatic carbocycles. The number of ketones is 1. The summed E-state index contributed by atoms with van der Waals surface area (Å²) in [6.45, 7) is 16.6. The van der Waals surface area contributed by atoms with Crippen LogP contribution in [0.4, 0.5) is 0 Å². The molecule has 5 heteroatoms. The van der Waals surface area contributed by atoms with Crippen molar-refractivity contribution in [1.82, 2.24) is 4.98 Å². The second kappa shape index (κ2) is 13.2. The van der Waals surface area contributed by atoms with Crippen molar-refractivity contribution in [2.45, 2.75) is 81.1 Å². The maximum absolute atomic E-state index is 11.7. The van der Waals surface area contributed by atoms with Crippen molar-refractivity contribution in [3.63, 3.8) is 0 Å². The van der Waals surface area contributed by atoms with Gasteiger partial charge in [0.25, 0.3) is 0 Å². The Morgan fingerprint density at radius 3 is 2.07 bits per heavy atom. The molecule has 0 aliphatic heterocycles. The predicted molar refractivity (Wildman–Crippen MR) is 177 cm³/mol. The van der Waals surface area contributed by atoms with Gasteiger partial charge in [-0.05, 0) is 103 Å². The summed E-state index contributed by atoms with van der Waals surface area (Å²) in [4.78, 5) is 16.5. The van der Waals surface area contributed by atoms with Gasteiger partial charge in [-0.25, -0.2) is 0 Å². The Morgan fingerprint density at radius 1 is 0.837 bits per heavy atom. The van der Waals surface area contributed by atoms with Crippen molar-refractivity contribution >= 4 is 60.0 Å². The number of aryl methyl sites for hydroxylation is 4. The number of benzene rings is 4. The van der Waals surface area contributed by atoms with Gasteiger partial charge in [-0.15, -0.1) is 11.5 Å². The molecule has 0 unspecified atom stereocenters. The second-order valence-corrected chi connectivity index (χ2v) is 11.6. The topological polar surface area (TPSA) is 63.3 Å². The van der Waals surface area contributed by atoms with E-state index in [-0.39, 0.29) is 43.5 Å². The summed E-state index contributed by atoms with van der Waals surface area (Å²) in [5.74, 6) is 1.50. The van der Waals surface area contributed by atoms with E-state index in [0.29, 0.717) is 0 Å². The van der Waals surface area contributed by atoms with E-state index in [1.54, 1.807) is 0 Å². The molecule has 227 valence electrons. The fraction of sp³-hybridized carbons (Fsp3) is 0.368. The first-order valence-corrected chi connectivity index (χ1v) is 15.4. The van der Waals surface area contributed by atoms with Gasteiger partial charge in [-0.1, -0.05) is 68.1 Å². The number of carbonyl (C=O) groups is 1. The molecule has 2 aromatic heterocycles. The number of aliphatic hydroxyl groups excluding tert-OH is 1. The van der Waals surface area contributed by atoms with Gasteiger partial charge < -0.3 is 14.5 Å². The van der Waals surface area contributed by atoms with Crippen LogP contribution >= 0.6 is 0 Å². The average Bonchev–Trinajstić information content (AvgIpc) is 3.27. The zero-order valence-electron chi connectivity index (χ0n) is 26.6. The number of carbonyl (C=O) groups excluding carboxylic acids is 1. The number of aliphatic hydroxyl groups is 1. The van der Waals surface area contributed by atoms with E-state index in [1.807, 2.05) is 40.8 Å². The zero-order valence-corrected chi connectivity index (χ0v) is 29.0. The molecule has 0 bridgehead atoms. The van der Waals surface area contributed by atoms with E-state index in [1.165, 1.54) is 55.1 Å². The van der Waals surface area contributed by atoms with Crippen molar-refractivity contribution in [3.8, 4) is 0 Å². The monoisotopic (exact) mass is 753 g/mol. The summed E-state index contributed by atoms with van der Waals surface area (Å²) in [5, 5.41) is 19.6. The number of furan rings is 1. The first-order valence-electron chi connectivity index (χ1n) is 15.4. The number of hydrogen-bond acceptors (Lipinski definition) is 4. The minimum Gasteiger partial charge on any atom is -0.512 e. The van der Waals surface area contributed by atoms with Crippen molar-refractivity contribution in [2.75, 3.05) is 0 Å². The summed E-state index contributed by atoms with van der Waals surface area (Å²) in [6, 6.07) is 14.6. The summed E-state index contributed by atoms with van der Waals surface area (Å²) in [6.07, 6.45) is 6.83. The SMILES string of the molecule is CCC(CC)C(=O)/C=C(\O)C(CC)CC.Cc1oc2[c-]c3c(cc2c1C)c1cccc2c(C)c(C)c4ccnc3c4c21.[Ir]. The van der Waals surface area contributed by atoms with Crippen molar-refractivity contribution < 1.29 is 34.4 Å². The molecule has 6 aromatic rings. The minimum absolute atomic E-state index is 0. The van der Waals surface area contributed by atoms with Gasteiger partial charge >= 0.3 is 0 Å². The van der Waals surface area contributed by atoms with Crippen LogP contribution in [0.25, 0.3) is 54.2 Å². The van der Waals surface area contributed by atoms with Crippen LogP contribution in [0.1, 0.15) is 75.8 Å². The minimum atomic E-state index is 0. The molecule has 0 amide bonds. The number of allylic oxidation sites excluding steroid dienone is 2. The van der Waals surface area contributed by atoms with E-state index >= 15 is 0 Å². The molecule has 6 rings (SSSR count). The quantitative estimate of drug-likeness (QED) is 0.0580. The predicted octanol–water partition coefficient (Wildman–Crippen LogP) is 10.8. The van der Waals surface area contributed by atoms with Gasteiger partial charge in [0.1, 0.15) is 0 Å². The van der Waals surface area contributed by atoms with E-state index < -0.39 is 0 Å². The molecule has 4 nitrogen and oxygen atoms in total. The largest absolute Gasteiger partial charge is 0.512 e. The fourth-order valence-electron chi connectivity index (χ4n) is 6.47. The molecule has 2 heterocycles. The van der Waals surface area contributed by atoms with Crippen molar-refractivity contribution in [3.05, 3.63) is 76.9 Å². The average molecular weight is 753 g/mol. The molecule has 0 saturated heterocycles. The molecular formula is C38H42IrNO3-. The van der Waals surface area contributed by atoms with E-state index in [9.17, 15) is 9.90 Å². The standard InChI is InChI=1S/C25H18NO.C13H24O2.Ir/c1-12-13(2)17-8-9-26-25-21-11-22-19(14(3)15(4)27-22)10-20(21)18-7-5-6-16(12)23(18)24(17)25;1-5-10(6-2)12(14)9-13(15)11(7-3)8-4;/h5-10H,1-4H3;9-11,14H,5-8H2,1-4H3;/q-1;;/b;12-9-;. The summed E-state index contributed by atoms with van der Waals surface area (Å²) in [7, 11) is 0. The molecule has 1 radical (unpaired) electrons. The third-order valence-electron chi connectivity index (χ3n) is 9.47. The molecule has 4 aromatic carbocycles. The Morgan fingerprint density at radius 2 is 1.44 bits per heavy atom. The molecular weight excluding hydrogens is 711 g/mol. The first kappa shape index (κ1) is 32.6. The number of hydrogen-bond donors (Lipinski definition) is 1. The van der Waals surface area contributed by atoms with Crippen LogP contribution in [0.5, 0.6) is 0 Å². The third-order valence-corrected chi connectivity index (χ3v) is 9.47. The number of pyridine rings is 1. The molecule has 43 heavy (non-hydrogen) atoms. The van der Waals surface area contributed by atoms with Gasteiger partial charge in [0.2, 0.25) is 0 Å². The Balaban J connectivity index is 0.000000230. The molecule has 0 aliphatic rings. The van der Waals surface area contributed by atoms with Gasteiger partial charge in [-0.2, -0.15) is 0 Å². The second-order valence-electron chi connectivity index (χ2n) is 11.6. The summed E-state index contributed by atoms with van der Waals surface area (Å²) in [5.41, 5.74) is 5.70. The fourth-order valence-corrected chi connectivity index (χ4v) is 6.47. The van der Waals surface area contributed by atoms with Crippen LogP contribution in [0.15, 0.2) is 52.8 Å². The van der Waals surface area contributed by atoms with Gasteiger partial charge in [0.05, 0.1) is 17.1 Å². The molecule has 0 spiro atoms. The number of fused-ring (bicyclic) bond motifs is 4. The van der Waals surface area contributed by atoms with Gasteiger partial charge in [0, 0.05) is 44.2 Å². The number of rotatable bonds is 7. The van der Waals surface area contributed by atoms with E-state index in [4.69, 9.17) is 9.40 Å². The molecule has 0 fully saturated rings. The molecule has 0 saturated carbocycles. The molecule has 1 N–H and O–H groups in total. The maximum Gasteiger partial charge on any atom is 0.162 e. The number of nitrogens with zero attached hydrogens (tertiary/aromatic N) is 1. The maximum atomic E-state index is 11.7. The van der Waals surface area contributed by atoms with Crippen LogP contribution in [0.3, 0.4) is 0 Å². The summed E-state index contributed by atoms with van der Waals surface area (Å²) >= 11 is 0. The molecule has 0 atom stereocenters. The van der Waals surface area contributed by atoms with Crippen LogP contribution in [0, 0.1) is 45.6 Å². The van der Waals surface area contributed by atoms with Crippen LogP contribution in [-0.2, 0) is 24.9 Å². The normalized spacial score (nSPS) is 12.2. The first-order chi connectivity index (χ1) is 20.2. The smallest absolute Gasteiger partial charge is 0.162 e. The Bertz CT molecular complexity index is 1960. The van der Waals surface area contributed by atoms with Gasteiger partial charge in [0.15, 0.2) is 5.78 Å². The zero-order chi connectivity index (χ0) is 30.3. The van der Waals surface area contributed by atoms with Crippen molar-refractivity contribution in [1.29, 1.82) is 0 Å². The van der Waals surface area contributed by atoms with Crippen LogP contribution < -0.4 is 0 Å².